The molecule has 0 bridgehead atoms. The highest BCUT2D eigenvalue weighted by atomic mass is 32.2. The number of ether oxygens (including phenoxy) is 1. The van der Waals surface area contributed by atoms with Crippen LogP contribution in [0.1, 0.15) is 25.7 Å². The molecule has 0 saturated heterocycles. The Balaban J connectivity index is 2.05. The summed E-state index contributed by atoms with van der Waals surface area (Å²) in [6.45, 7) is -0.359. The minimum absolute atomic E-state index is 0.196. The van der Waals surface area contributed by atoms with E-state index in [9.17, 15) is 22.7 Å². The third kappa shape index (κ3) is 4.89. The second-order valence-electron chi connectivity index (χ2n) is 5.68. The minimum atomic E-state index is -3.86. The maximum absolute atomic E-state index is 14.0. The Morgan fingerprint density at radius 1 is 1.33 bits per heavy atom. The van der Waals surface area contributed by atoms with E-state index in [-0.39, 0.29) is 29.4 Å². The second-order valence-corrected chi connectivity index (χ2v) is 7.39. The number of halogens is 1. The molecule has 1 aliphatic carbocycles. The summed E-state index contributed by atoms with van der Waals surface area (Å²) in [5.74, 6) is -1.48. The van der Waals surface area contributed by atoms with Gasteiger partial charge in [-0.25, -0.2) is 17.5 Å². The molecule has 0 aliphatic heterocycles. The number of aliphatic hydroxyl groups is 1. The molecule has 1 saturated carbocycles. The zero-order chi connectivity index (χ0) is 17.7. The molecular formula is C15H21FN2O5S. The van der Waals surface area contributed by atoms with Crippen LogP contribution in [-0.4, -0.2) is 45.2 Å². The number of carbonyl (C=O) groups excluding carboxylic acids is 1. The number of likely N-dealkylation sites (N-methyl/N-ethyl adjacent to an activating group) is 1. The molecule has 1 aliphatic rings. The minimum Gasteiger partial charge on any atom is -0.481 e. The van der Waals surface area contributed by atoms with E-state index in [0.717, 1.165) is 6.07 Å². The summed E-state index contributed by atoms with van der Waals surface area (Å²) >= 11 is 0. The van der Waals surface area contributed by atoms with Crippen LogP contribution in [0.2, 0.25) is 0 Å². The van der Waals surface area contributed by atoms with Gasteiger partial charge in [-0.15, -0.1) is 0 Å². The summed E-state index contributed by atoms with van der Waals surface area (Å²) in [4.78, 5) is 10.9. The number of nitrogens with one attached hydrogen (secondary N) is 2. The molecule has 0 radical (unpaired) electrons. The zero-order valence-electron chi connectivity index (χ0n) is 13.3. The van der Waals surface area contributed by atoms with Gasteiger partial charge < -0.3 is 15.2 Å². The second kappa shape index (κ2) is 7.91. The van der Waals surface area contributed by atoms with Crippen molar-refractivity contribution in [3.05, 3.63) is 24.0 Å². The summed E-state index contributed by atoms with van der Waals surface area (Å²) < 4.78 is 46.1. The standard InChI is InChI=1S/C15H21FN2O5S/c1-17-15(20)9-23-14-7-6-12(8-13(14)16)24(21,22)18-10-2-4-11(19)5-3-10/h6-8,10-11,18-19H,2-5,9H2,1H3,(H,17,20). The highest BCUT2D eigenvalue weighted by Gasteiger charge is 2.25. The fraction of sp³-hybridized carbons (Fsp3) is 0.533. The van der Waals surface area contributed by atoms with Crippen molar-refractivity contribution in [1.29, 1.82) is 0 Å². The van der Waals surface area contributed by atoms with E-state index in [1.54, 1.807) is 0 Å². The molecule has 0 atom stereocenters. The quantitative estimate of drug-likeness (QED) is 0.686. The van der Waals surface area contributed by atoms with Crippen LogP contribution in [0.5, 0.6) is 5.75 Å². The number of rotatable bonds is 6. The first-order chi connectivity index (χ1) is 11.3. The Morgan fingerprint density at radius 3 is 2.58 bits per heavy atom. The van der Waals surface area contributed by atoms with Crippen molar-refractivity contribution in [2.45, 2.75) is 42.7 Å². The first-order valence-corrected chi connectivity index (χ1v) is 9.13. The first kappa shape index (κ1) is 18.6. The Morgan fingerprint density at radius 2 is 2.00 bits per heavy atom. The van der Waals surface area contributed by atoms with E-state index in [1.165, 1.54) is 19.2 Å². The number of benzene rings is 1. The molecule has 7 nitrogen and oxygen atoms in total. The molecule has 0 aromatic heterocycles. The number of carbonyl (C=O) groups is 1. The lowest BCUT2D eigenvalue weighted by atomic mass is 9.94. The van der Waals surface area contributed by atoms with Gasteiger partial charge in [0.1, 0.15) is 0 Å². The highest BCUT2D eigenvalue weighted by molar-refractivity contribution is 7.89. The summed E-state index contributed by atoms with van der Waals surface area (Å²) in [6.07, 6.45) is 1.76. The van der Waals surface area contributed by atoms with Gasteiger partial charge in [0.2, 0.25) is 10.0 Å². The van der Waals surface area contributed by atoms with E-state index in [0.29, 0.717) is 25.7 Å². The lowest BCUT2D eigenvalue weighted by Crippen LogP contribution is -2.38. The molecule has 0 unspecified atom stereocenters. The number of hydrogen-bond acceptors (Lipinski definition) is 5. The molecule has 0 spiro atoms. The van der Waals surface area contributed by atoms with Crippen LogP contribution in [0.3, 0.4) is 0 Å². The van der Waals surface area contributed by atoms with Crippen molar-refractivity contribution in [3.63, 3.8) is 0 Å². The Kier molecular flexibility index (Phi) is 6.14. The van der Waals surface area contributed by atoms with Crippen molar-refractivity contribution in [2.75, 3.05) is 13.7 Å². The van der Waals surface area contributed by atoms with Gasteiger partial charge in [0.15, 0.2) is 18.2 Å². The highest BCUT2D eigenvalue weighted by Crippen LogP contribution is 2.23. The molecule has 0 heterocycles. The summed E-state index contributed by atoms with van der Waals surface area (Å²) in [5, 5.41) is 11.8. The topological polar surface area (TPSA) is 105 Å². The first-order valence-electron chi connectivity index (χ1n) is 7.65. The number of aliphatic hydroxyl groups excluding tert-OH is 1. The Hall–Kier alpha value is -1.71. The molecule has 2 rings (SSSR count). The smallest absolute Gasteiger partial charge is 0.257 e. The predicted octanol–water partition coefficient (Wildman–Crippen LogP) is 0.532. The zero-order valence-corrected chi connectivity index (χ0v) is 14.1. The van der Waals surface area contributed by atoms with Gasteiger partial charge in [-0.2, -0.15) is 0 Å². The predicted molar refractivity (Wildman–Crippen MR) is 84.5 cm³/mol. The SMILES string of the molecule is CNC(=O)COc1ccc(S(=O)(=O)NC2CCC(O)CC2)cc1F. The lowest BCUT2D eigenvalue weighted by molar-refractivity contribution is -0.122. The summed E-state index contributed by atoms with van der Waals surface area (Å²) in [5.41, 5.74) is 0. The van der Waals surface area contributed by atoms with E-state index >= 15 is 0 Å². The molecule has 1 aromatic rings. The van der Waals surface area contributed by atoms with E-state index < -0.39 is 21.7 Å². The normalized spacial score (nSPS) is 21.3. The van der Waals surface area contributed by atoms with Crippen LogP contribution in [-0.2, 0) is 14.8 Å². The fourth-order valence-corrected chi connectivity index (χ4v) is 3.78. The van der Waals surface area contributed by atoms with Gasteiger partial charge in [0.25, 0.3) is 5.91 Å². The number of amides is 1. The van der Waals surface area contributed by atoms with Gasteiger partial charge in [-0.3, -0.25) is 4.79 Å². The van der Waals surface area contributed by atoms with Gasteiger partial charge in [-0.1, -0.05) is 0 Å². The van der Waals surface area contributed by atoms with Crippen molar-refractivity contribution >= 4 is 15.9 Å². The Bertz CT molecular complexity index is 687. The molecular weight excluding hydrogens is 339 g/mol. The molecule has 24 heavy (non-hydrogen) atoms. The molecule has 1 amide bonds. The van der Waals surface area contributed by atoms with Gasteiger partial charge in [0.05, 0.1) is 11.0 Å². The molecule has 134 valence electrons. The van der Waals surface area contributed by atoms with Crippen molar-refractivity contribution < 1.29 is 27.4 Å². The van der Waals surface area contributed by atoms with Crippen molar-refractivity contribution in [2.24, 2.45) is 0 Å². The van der Waals surface area contributed by atoms with Crippen LogP contribution < -0.4 is 14.8 Å². The van der Waals surface area contributed by atoms with E-state index in [2.05, 4.69) is 10.0 Å². The third-order valence-corrected chi connectivity index (χ3v) is 5.39. The van der Waals surface area contributed by atoms with Crippen LogP contribution >= 0.6 is 0 Å². The molecule has 1 aromatic carbocycles. The van der Waals surface area contributed by atoms with Gasteiger partial charge in [0, 0.05) is 13.1 Å². The number of hydrogen-bond donors (Lipinski definition) is 3. The van der Waals surface area contributed by atoms with Crippen LogP contribution in [0.4, 0.5) is 4.39 Å². The number of sulfonamides is 1. The molecule has 3 N–H and O–H groups in total. The van der Waals surface area contributed by atoms with Gasteiger partial charge in [-0.05, 0) is 43.9 Å². The van der Waals surface area contributed by atoms with E-state index in [4.69, 9.17) is 4.74 Å². The fourth-order valence-electron chi connectivity index (χ4n) is 2.46. The monoisotopic (exact) mass is 360 g/mol. The maximum Gasteiger partial charge on any atom is 0.257 e. The third-order valence-electron chi connectivity index (χ3n) is 3.87. The van der Waals surface area contributed by atoms with Crippen molar-refractivity contribution in [1.82, 2.24) is 10.0 Å². The van der Waals surface area contributed by atoms with Crippen LogP contribution in [0, 0.1) is 5.82 Å². The average molecular weight is 360 g/mol. The summed E-state index contributed by atoms with van der Waals surface area (Å²) in [6, 6.07) is 2.99. The van der Waals surface area contributed by atoms with Gasteiger partial charge >= 0.3 is 0 Å². The van der Waals surface area contributed by atoms with E-state index in [1.807, 2.05) is 0 Å². The van der Waals surface area contributed by atoms with Crippen LogP contribution in [0.15, 0.2) is 23.1 Å². The Labute approximate surface area is 140 Å². The largest absolute Gasteiger partial charge is 0.481 e. The lowest BCUT2D eigenvalue weighted by Gasteiger charge is -2.26. The molecule has 9 heteroatoms. The summed E-state index contributed by atoms with van der Waals surface area (Å²) in [7, 11) is -2.43. The average Bonchev–Trinajstić information content (AvgIpc) is 2.55. The van der Waals surface area contributed by atoms with Crippen molar-refractivity contribution in [3.8, 4) is 5.75 Å². The maximum atomic E-state index is 14.0. The van der Waals surface area contributed by atoms with Crippen LogP contribution in [0.25, 0.3) is 0 Å². The molecule has 1 fully saturated rings.